The highest BCUT2D eigenvalue weighted by Gasteiger charge is 2.20. The minimum atomic E-state index is 0. The van der Waals surface area contributed by atoms with Crippen LogP contribution in [0.5, 0.6) is 0 Å². The van der Waals surface area contributed by atoms with Crippen LogP contribution in [0.1, 0.15) is 44.2 Å². The molecule has 0 spiro atoms. The van der Waals surface area contributed by atoms with Crippen molar-refractivity contribution in [2.24, 2.45) is 16.8 Å². The molecule has 0 aliphatic carbocycles. The Morgan fingerprint density at radius 3 is 2.76 bits per heavy atom. The van der Waals surface area contributed by atoms with E-state index in [0.717, 1.165) is 57.7 Å². The van der Waals surface area contributed by atoms with Crippen molar-refractivity contribution >= 4 is 29.9 Å². The predicted molar refractivity (Wildman–Crippen MR) is 132 cm³/mol. The molecule has 2 heterocycles. The van der Waals surface area contributed by atoms with Gasteiger partial charge in [0.25, 0.3) is 0 Å². The molecular weight excluding hydrogens is 475 g/mol. The van der Waals surface area contributed by atoms with Crippen LogP contribution in [-0.2, 0) is 17.8 Å². The topological polar surface area (TPSA) is 40.1 Å². The van der Waals surface area contributed by atoms with Crippen molar-refractivity contribution in [2.45, 2.75) is 46.2 Å². The second-order valence-electron chi connectivity index (χ2n) is 8.53. The maximum Gasteiger partial charge on any atom is 0.193 e. The number of nitrogens with zero attached hydrogens (tertiary/aromatic N) is 3. The molecule has 0 radical (unpaired) electrons. The zero-order valence-corrected chi connectivity index (χ0v) is 20.7. The molecule has 5 nitrogen and oxygen atoms in total. The quantitative estimate of drug-likeness (QED) is 0.340. The summed E-state index contributed by atoms with van der Waals surface area (Å²) in [6.45, 7) is 12.4. The van der Waals surface area contributed by atoms with Gasteiger partial charge in [0, 0.05) is 45.8 Å². The lowest BCUT2D eigenvalue weighted by Gasteiger charge is -2.31. The molecular formula is C23H39IN4O. The largest absolute Gasteiger partial charge is 0.381 e. The van der Waals surface area contributed by atoms with E-state index in [9.17, 15) is 0 Å². The Labute approximate surface area is 194 Å². The maximum absolute atomic E-state index is 5.53. The molecule has 29 heavy (non-hydrogen) atoms. The third-order valence-corrected chi connectivity index (χ3v) is 5.91. The standard InChI is InChI=1S/C23H38N4O.HI/c1-4-24-23(26(3)16-20-11-13-28-18-20)25-14-21-9-5-6-10-22(21)17-27-12-7-8-19(2)15-27;/h5-6,9-10,19-20H,4,7-8,11-18H2,1-3H3,(H,24,25);1H. The summed E-state index contributed by atoms with van der Waals surface area (Å²) in [5.74, 6) is 2.42. The van der Waals surface area contributed by atoms with Crippen molar-refractivity contribution in [3.05, 3.63) is 35.4 Å². The molecule has 0 saturated carbocycles. The van der Waals surface area contributed by atoms with Gasteiger partial charge in [0.1, 0.15) is 0 Å². The molecule has 164 valence electrons. The van der Waals surface area contributed by atoms with Crippen LogP contribution in [0.25, 0.3) is 0 Å². The van der Waals surface area contributed by atoms with E-state index in [1.807, 2.05) is 0 Å². The van der Waals surface area contributed by atoms with Crippen molar-refractivity contribution < 1.29 is 4.74 Å². The summed E-state index contributed by atoms with van der Waals surface area (Å²) in [5, 5.41) is 3.46. The molecule has 2 atom stereocenters. The fourth-order valence-electron chi connectivity index (χ4n) is 4.37. The van der Waals surface area contributed by atoms with Gasteiger partial charge < -0.3 is 15.0 Å². The average Bonchev–Trinajstić information content (AvgIpc) is 3.19. The van der Waals surface area contributed by atoms with Crippen LogP contribution in [-0.4, -0.2) is 62.2 Å². The third-order valence-electron chi connectivity index (χ3n) is 5.91. The van der Waals surface area contributed by atoms with Crippen molar-refractivity contribution in [3.8, 4) is 0 Å². The van der Waals surface area contributed by atoms with E-state index >= 15 is 0 Å². The molecule has 2 fully saturated rings. The summed E-state index contributed by atoms with van der Waals surface area (Å²) in [7, 11) is 2.14. The molecule has 2 aliphatic heterocycles. The van der Waals surface area contributed by atoms with Gasteiger partial charge in [-0.25, -0.2) is 4.99 Å². The maximum atomic E-state index is 5.53. The predicted octanol–water partition coefficient (Wildman–Crippen LogP) is 3.97. The van der Waals surface area contributed by atoms with Crippen LogP contribution < -0.4 is 5.32 Å². The summed E-state index contributed by atoms with van der Waals surface area (Å²) in [4.78, 5) is 9.83. The molecule has 1 aromatic carbocycles. The van der Waals surface area contributed by atoms with Gasteiger partial charge in [-0.05, 0) is 49.8 Å². The van der Waals surface area contributed by atoms with E-state index in [4.69, 9.17) is 9.73 Å². The van der Waals surface area contributed by atoms with Crippen LogP contribution >= 0.6 is 24.0 Å². The highest BCUT2D eigenvalue weighted by molar-refractivity contribution is 14.0. The first-order valence-electron chi connectivity index (χ1n) is 11.0. The van der Waals surface area contributed by atoms with E-state index < -0.39 is 0 Å². The first kappa shape index (κ1) is 24.4. The SMILES string of the molecule is CCNC(=NCc1ccccc1CN1CCCC(C)C1)N(C)CC1CCOC1.I. The Hall–Kier alpha value is -0.860. The number of nitrogens with one attached hydrogen (secondary N) is 1. The van der Waals surface area contributed by atoms with Crippen LogP contribution in [0.2, 0.25) is 0 Å². The average molecular weight is 514 g/mol. The van der Waals surface area contributed by atoms with Gasteiger partial charge in [0.05, 0.1) is 13.2 Å². The highest BCUT2D eigenvalue weighted by Crippen LogP contribution is 2.20. The van der Waals surface area contributed by atoms with Crippen molar-refractivity contribution in [1.29, 1.82) is 0 Å². The van der Waals surface area contributed by atoms with Crippen LogP contribution in [0, 0.1) is 11.8 Å². The fraction of sp³-hybridized carbons (Fsp3) is 0.696. The number of hydrogen-bond acceptors (Lipinski definition) is 3. The molecule has 3 rings (SSSR count). The second kappa shape index (κ2) is 12.7. The number of ether oxygens (including phenoxy) is 1. The molecule has 1 aromatic rings. The number of benzene rings is 1. The number of likely N-dealkylation sites (tertiary alicyclic amines) is 1. The van der Waals surface area contributed by atoms with Crippen LogP contribution in [0.3, 0.4) is 0 Å². The zero-order valence-electron chi connectivity index (χ0n) is 18.4. The Kier molecular flexibility index (Phi) is 10.7. The monoisotopic (exact) mass is 514 g/mol. The summed E-state index contributed by atoms with van der Waals surface area (Å²) in [6, 6.07) is 8.81. The Balaban J connectivity index is 0.00000300. The summed E-state index contributed by atoms with van der Waals surface area (Å²) >= 11 is 0. The minimum Gasteiger partial charge on any atom is -0.381 e. The van der Waals surface area contributed by atoms with Crippen LogP contribution in [0.4, 0.5) is 0 Å². The highest BCUT2D eigenvalue weighted by atomic mass is 127. The van der Waals surface area contributed by atoms with E-state index in [1.54, 1.807) is 0 Å². The normalized spacial score (nSPS) is 22.9. The van der Waals surface area contributed by atoms with Crippen molar-refractivity contribution in [1.82, 2.24) is 15.1 Å². The molecule has 0 aromatic heterocycles. The Bertz CT molecular complexity index is 633. The number of piperidine rings is 1. The molecule has 1 N–H and O–H groups in total. The van der Waals surface area contributed by atoms with Gasteiger partial charge in [0.2, 0.25) is 0 Å². The van der Waals surface area contributed by atoms with E-state index in [2.05, 4.69) is 60.3 Å². The van der Waals surface area contributed by atoms with Gasteiger partial charge in [-0.3, -0.25) is 4.90 Å². The van der Waals surface area contributed by atoms with Crippen molar-refractivity contribution in [2.75, 3.05) is 46.4 Å². The first-order valence-corrected chi connectivity index (χ1v) is 11.0. The molecule has 2 aliphatic rings. The van der Waals surface area contributed by atoms with Gasteiger partial charge in [-0.2, -0.15) is 0 Å². The third kappa shape index (κ3) is 7.72. The number of hydrogen-bond donors (Lipinski definition) is 1. The smallest absolute Gasteiger partial charge is 0.193 e. The molecule has 0 amide bonds. The summed E-state index contributed by atoms with van der Waals surface area (Å²) in [6.07, 6.45) is 3.84. The minimum absolute atomic E-state index is 0. The lowest BCUT2D eigenvalue weighted by atomic mass is 9.99. The van der Waals surface area contributed by atoms with Crippen LogP contribution in [0.15, 0.2) is 29.3 Å². The van der Waals surface area contributed by atoms with Gasteiger partial charge in [-0.1, -0.05) is 31.2 Å². The van der Waals surface area contributed by atoms with Gasteiger partial charge >= 0.3 is 0 Å². The van der Waals surface area contributed by atoms with E-state index in [0.29, 0.717) is 5.92 Å². The second-order valence-corrected chi connectivity index (χ2v) is 8.53. The summed E-state index contributed by atoms with van der Waals surface area (Å²) in [5.41, 5.74) is 2.76. The van der Waals surface area contributed by atoms with Gasteiger partial charge in [-0.15, -0.1) is 24.0 Å². The number of halogens is 1. The zero-order chi connectivity index (χ0) is 19.8. The lowest BCUT2D eigenvalue weighted by molar-refractivity contribution is 0.176. The Morgan fingerprint density at radius 1 is 1.28 bits per heavy atom. The number of guanidine groups is 1. The number of rotatable bonds is 7. The van der Waals surface area contributed by atoms with Crippen molar-refractivity contribution in [3.63, 3.8) is 0 Å². The summed E-state index contributed by atoms with van der Waals surface area (Å²) < 4.78 is 5.53. The number of aliphatic imine (C=N–C) groups is 1. The molecule has 2 saturated heterocycles. The lowest BCUT2D eigenvalue weighted by Crippen LogP contribution is -2.41. The molecule has 6 heteroatoms. The van der Waals surface area contributed by atoms with E-state index in [-0.39, 0.29) is 24.0 Å². The first-order chi connectivity index (χ1) is 13.7. The fourth-order valence-corrected chi connectivity index (χ4v) is 4.37. The Morgan fingerprint density at radius 2 is 2.07 bits per heavy atom. The molecule has 0 bridgehead atoms. The van der Waals surface area contributed by atoms with E-state index in [1.165, 1.54) is 37.1 Å². The molecule has 2 unspecified atom stereocenters. The van der Waals surface area contributed by atoms with Gasteiger partial charge in [0.15, 0.2) is 5.96 Å².